The third-order valence-corrected chi connectivity index (χ3v) is 3.28. The molecule has 1 aromatic carbocycles. The summed E-state index contributed by atoms with van der Waals surface area (Å²) in [5.41, 5.74) is 1.02. The second kappa shape index (κ2) is 5.73. The molecular formula is C11H15BrClNO. The highest BCUT2D eigenvalue weighted by Crippen LogP contribution is 2.26. The number of ether oxygens (including phenoxy) is 1. The molecule has 1 rings (SSSR count). The molecule has 0 amide bonds. The van der Waals surface area contributed by atoms with E-state index >= 15 is 0 Å². The van der Waals surface area contributed by atoms with Crippen LogP contribution in [0.15, 0.2) is 22.7 Å². The van der Waals surface area contributed by atoms with Crippen LogP contribution < -0.4 is 5.32 Å². The second-order valence-electron chi connectivity index (χ2n) is 3.50. The molecule has 84 valence electrons. The molecule has 15 heavy (non-hydrogen) atoms. The summed E-state index contributed by atoms with van der Waals surface area (Å²) in [6, 6.07) is 5.92. The van der Waals surface area contributed by atoms with E-state index in [1.807, 2.05) is 25.1 Å². The lowest BCUT2D eigenvalue weighted by Gasteiger charge is -2.21. The molecule has 1 N–H and O–H groups in total. The van der Waals surface area contributed by atoms with Gasteiger partial charge in [0.05, 0.1) is 6.10 Å². The van der Waals surface area contributed by atoms with Gasteiger partial charge in [0.2, 0.25) is 0 Å². The topological polar surface area (TPSA) is 21.3 Å². The average molecular weight is 293 g/mol. The summed E-state index contributed by atoms with van der Waals surface area (Å²) >= 11 is 9.32. The van der Waals surface area contributed by atoms with E-state index < -0.39 is 0 Å². The Hall–Kier alpha value is -0.250. The van der Waals surface area contributed by atoms with Gasteiger partial charge in [-0.2, -0.15) is 0 Å². The summed E-state index contributed by atoms with van der Waals surface area (Å²) in [6.07, 6.45) is 0.160. The van der Waals surface area contributed by atoms with Crippen LogP contribution in [0.1, 0.15) is 13.8 Å². The van der Waals surface area contributed by atoms with Crippen LogP contribution in [0.2, 0.25) is 5.02 Å². The second-order valence-corrected chi connectivity index (χ2v) is 4.79. The molecule has 2 nitrogen and oxygen atoms in total. The predicted molar refractivity (Wildman–Crippen MR) is 68.7 cm³/mol. The lowest BCUT2D eigenvalue weighted by molar-refractivity contribution is 0.106. The van der Waals surface area contributed by atoms with Gasteiger partial charge in [-0.05, 0) is 48.0 Å². The minimum atomic E-state index is 0.160. The summed E-state index contributed by atoms with van der Waals surface area (Å²) < 4.78 is 6.21. The van der Waals surface area contributed by atoms with Gasteiger partial charge < -0.3 is 10.1 Å². The van der Waals surface area contributed by atoms with Crippen molar-refractivity contribution in [1.29, 1.82) is 0 Å². The number of methoxy groups -OCH3 is 1. The van der Waals surface area contributed by atoms with E-state index in [0.29, 0.717) is 0 Å². The lowest BCUT2D eigenvalue weighted by atomic mass is 10.2. The maximum Gasteiger partial charge on any atom is 0.0741 e. The number of rotatable bonds is 4. The van der Waals surface area contributed by atoms with Crippen LogP contribution in [-0.4, -0.2) is 19.3 Å². The molecule has 2 atom stereocenters. The summed E-state index contributed by atoms with van der Waals surface area (Å²) in [7, 11) is 1.71. The van der Waals surface area contributed by atoms with Crippen LogP contribution in [0.4, 0.5) is 5.69 Å². The Morgan fingerprint density at radius 1 is 1.40 bits per heavy atom. The average Bonchev–Trinajstić information content (AvgIpc) is 2.20. The van der Waals surface area contributed by atoms with Crippen molar-refractivity contribution in [2.75, 3.05) is 12.4 Å². The molecule has 0 aliphatic rings. The highest BCUT2D eigenvalue weighted by atomic mass is 79.9. The largest absolute Gasteiger partial charge is 0.380 e. The highest BCUT2D eigenvalue weighted by Gasteiger charge is 2.11. The van der Waals surface area contributed by atoms with Gasteiger partial charge >= 0.3 is 0 Å². The number of anilines is 1. The first-order valence-electron chi connectivity index (χ1n) is 4.79. The Morgan fingerprint density at radius 3 is 2.60 bits per heavy atom. The Kier molecular flexibility index (Phi) is 4.90. The first kappa shape index (κ1) is 12.8. The van der Waals surface area contributed by atoms with E-state index in [1.165, 1.54) is 0 Å². The van der Waals surface area contributed by atoms with Crippen molar-refractivity contribution < 1.29 is 4.74 Å². The highest BCUT2D eigenvalue weighted by molar-refractivity contribution is 9.10. The van der Waals surface area contributed by atoms with Crippen LogP contribution in [0, 0.1) is 0 Å². The number of hydrogen-bond acceptors (Lipinski definition) is 2. The van der Waals surface area contributed by atoms with E-state index in [2.05, 4.69) is 28.2 Å². The van der Waals surface area contributed by atoms with E-state index in [4.69, 9.17) is 16.3 Å². The van der Waals surface area contributed by atoms with Crippen LogP contribution in [0.3, 0.4) is 0 Å². The molecule has 0 bridgehead atoms. The zero-order valence-electron chi connectivity index (χ0n) is 9.05. The van der Waals surface area contributed by atoms with Gasteiger partial charge in [-0.25, -0.2) is 0 Å². The smallest absolute Gasteiger partial charge is 0.0741 e. The van der Waals surface area contributed by atoms with Crippen LogP contribution in [-0.2, 0) is 4.74 Å². The fourth-order valence-electron chi connectivity index (χ4n) is 1.17. The van der Waals surface area contributed by atoms with Gasteiger partial charge in [0, 0.05) is 28.3 Å². The van der Waals surface area contributed by atoms with Crippen molar-refractivity contribution in [3.05, 3.63) is 27.7 Å². The fraction of sp³-hybridized carbons (Fsp3) is 0.455. The third kappa shape index (κ3) is 3.67. The fourth-order valence-corrected chi connectivity index (χ4v) is 1.97. The van der Waals surface area contributed by atoms with Crippen LogP contribution in [0.5, 0.6) is 0 Å². The molecule has 2 unspecified atom stereocenters. The number of nitrogens with one attached hydrogen (secondary N) is 1. The maximum atomic E-state index is 5.86. The quantitative estimate of drug-likeness (QED) is 0.907. The van der Waals surface area contributed by atoms with Gasteiger partial charge in [0.1, 0.15) is 0 Å². The van der Waals surface area contributed by atoms with E-state index in [0.717, 1.165) is 15.2 Å². The molecule has 0 aliphatic heterocycles. The third-order valence-electron chi connectivity index (χ3n) is 2.39. The normalized spacial score (nSPS) is 14.7. The Labute approximate surface area is 104 Å². The van der Waals surface area contributed by atoms with Crippen molar-refractivity contribution in [2.45, 2.75) is 26.0 Å². The molecule has 0 fully saturated rings. The van der Waals surface area contributed by atoms with Gasteiger partial charge in [-0.3, -0.25) is 0 Å². The van der Waals surface area contributed by atoms with Gasteiger partial charge in [-0.1, -0.05) is 11.6 Å². The summed E-state index contributed by atoms with van der Waals surface area (Å²) in [6.45, 7) is 4.11. The Morgan fingerprint density at radius 2 is 2.07 bits per heavy atom. The SMILES string of the molecule is COC(C)C(C)Nc1ccc(Cl)cc1Br. The molecule has 0 saturated heterocycles. The van der Waals surface area contributed by atoms with Crippen LogP contribution >= 0.6 is 27.5 Å². The van der Waals surface area contributed by atoms with Crippen molar-refractivity contribution in [3.63, 3.8) is 0 Å². The molecule has 0 aromatic heterocycles. The number of halogens is 2. The Balaban J connectivity index is 2.72. The molecular weight excluding hydrogens is 277 g/mol. The van der Waals surface area contributed by atoms with Crippen molar-refractivity contribution in [2.24, 2.45) is 0 Å². The van der Waals surface area contributed by atoms with Gasteiger partial charge in [0.25, 0.3) is 0 Å². The van der Waals surface area contributed by atoms with Crippen molar-refractivity contribution >= 4 is 33.2 Å². The molecule has 0 radical (unpaired) electrons. The maximum absolute atomic E-state index is 5.86. The predicted octanol–water partition coefficient (Wildman–Crippen LogP) is 3.94. The number of benzene rings is 1. The first-order valence-corrected chi connectivity index (χ1v) is 5.96. The van der Waals surface area contributed by atoms with Gasteiger partial charge in [-0.15, -0.1) is 0 Å². The first-order chi connectivity index (χ1) is 7.04. The summed E-state index contributed by atoms with van der Waals surface area (Å²) in [5, 5.41) is 4.08. The zero-order valence-corrected chi connectivity index (χ0v) is 11.4. The van der Waals surface area contributed by atoms with Crippen molar-refractivity contribution in [1.82, 2.24) is 0 Å². The molecule has 0 spiro atoms. The summed E-state index contributed by atoms with van der Waals surface area (Å²) in [4.78, 5) is 0. The van der Waals surface area contributed by atoms with Gasteiger partial charge in [0.15, 0.2) is 0 Å². The lowest BCUT2D eigenvalue weighted by Crippen LogP contribution is -2.29. The van der Waals surface area contributed by atoms with Crippen molar-refractivity contribution in [3.8, 4) is 0 Å². The number of hydrogen-bond donors (Lipinski definition) is 1. The standard InChI is InChI=1S/C11H15BrClNO/c1-7(8(2)15-3)14-11-5-4-9(13)6-10(11)12/h4-8,14H,1-3H3. The molecule has 0 aliphatic carbocycles. The molecule has 4 heteroatoms. The molecule has 0 saturated carbocycles. The molecule has 1 aromatic rings. The summed E-state index contributed by atoms with van der Waals surface area (Å²) in [5.74, 6) is 0. The minimum Gasteiger partial charge on any atom is -0.380 e. The molecule has 0 heterocycles. The van der Waals surface area contributed by atoms with E-state index in [9.17, 15) is 0 Å². The zero-order chi connectivity index (χ0) is 11.4. The minimum absolute atomic E-state index is 0.160. The van der Waals surface area contributed by atoms with E-state index in [-0.39, 0.29) is 12.1 Å². The Bertz CT molecular complexity index is 332. The monoisotopic (exact) mass is 291 g/mol. The van der Waals surface area contributed by atoms with Crippen LogP contribution in [0.25, 0.3) is 0 Å². The van der Waals surface area contributed by atoms with E-state index in [1.54, 1.807) is 7.11 Å².